The van der Waals surface area contributed by atoms with E-state index in [1.807, 2.05) is 32.0 Å². The molecule has 1 fully saturated rings. The number of rotatable bonds is 6. The first-order valence-corrected chi connectivity index (χ1v) is 10.3. The molecule has 2 aromatic rings. The number of benzene rings is 1. The van der Waals surface area contributed by atoms with Gasteiger partial charge >= 0.3 is 5.97 Å². The van der Waals surface area contributed by atoms with Gasteiger partial charge in [-0.05, 0) is 62.4 Å². The molecule has 7 heteroatoms. The van der Waals surface area contributed by atoms with Crippen LogP contribution in [0.2, 0.25) is 0 Å². The number of aromatic nitrogens is 1. The molecular weight excluding hydrogens is 384 g/mol. The fourth-order valence-corrected chi connectivity index (χ4v) is 4.27. The van der Waals surface area contributed by atoms with E-state index in [1.165, 1.54) is 0 Å². The zero-order chi connectivity index (χ0) is 21.4. The number of carbonyl (C=O) groups excluding carboxylic acids is 2. The summed E-state index contributed by atoms with van der Waals surface area (Å²) in [6.45, 7) is 4.72. The molecule has 30 heavy (non-hydrogen) atoms. The predicted molar refractivity (Wildman–Crippen MR) is 111 cm³/mol. The summed E-state index contributed by atoms with van der Waals surface area (Å²) >= 11 is 0. The Balaban J connectivity index is 1.39. The maximum absolute atomic E-state index is 12.7. The maximum atomic E-state index is 12.7. The second-order valence-electron chi connectivity index (χ2n) is 8.00. The van der Waals surface area contributed by atoms with Gasteiger partial charge in [0.1, 0.15) is 0 Å². The van der Waals surface area contributed by atoms with Crippen molar-refractivity contribution in [2.24, 2.45) is 0 Å². The number of carbonyl (C=O) groups is 2. The van der Waals surface area contributed by atoms with Gasteiger partial charge in [-0.3, -0.25) is 4.79 Å². The van der Waals surface area contributed by atoms with Crippen LogP contribution in [0.15, 0.2) is 18.2 Å². The number of nitrogens with zero attached hydrogens (tertiary/aromatic N) is 2. The van der Waals surface area contributed by atoms with Gasteiger partial charge in [-0.1, -0.05) is 0 Å². The summed E-state index contributed by atoms with van der Waals surface area (Å²) in [6, 6.07) is 6.23. The summed E-state index contributed by atoms with van der Waals surface area (Å²) in [5.41, 5.74) is 4.69. The lowest BCUT2D eigenvalue weighted by Gasteiger charge is -2.29. The van der Waals surface area contributed by atoms with Gasteiger partial charge in [0.25, 0.3) is 5.91 Å². The third-order valence-corrected chi connectivity index (χ3v) is 6.01. The van der Waals surface area contributed by atoms with E-state index in [-0.39, 0.29) is 12.5 Å². The van der Waals surface area contributed by atoms with E-state index in [9.17, 15) is 9.59 Å². The summed E-state index contributed by atoms with van der Waals surface area (Å²) in [4.78, 5) is 27.0. The highest BCUT2D eigenvalue weighted by Crippen LogP contribution is 2.38. The van der Waals surface area contributed by atoms with Crippen molar-refractivity contribution in [1.82, 2.24) is 9.47 Å². The summed E-state index contributed by atoms with van der Waals surface area (Å²) in [5.74, 6) is 0.698. The highest BCUT2D eigenvalue weighted by Gasteiger charge is 2.29. The van der Waals surface area contributed by atoms with Crippen molar-refractivity contribution in [3.8, 4) is 11.5 Å². The lowest BCUT2D eigenvalue weighted by atomic mass is 9.99. The van der Waals surface area contributed by atoms with Crippen molar-refractivity contribution in [3.63, 3.8) is 0 Å². The molecule has 0 bridgehead atoms. The van der Waals surface area contributed by atoms with E-state index in [4.69, 9.17) is 14.2 Å². The number of methoxy groups -OCH3 is 2. The molecule has 0 atom stereocenters. The molecule has 0 unspecified atom stereocenters. The Bertz CT molecular complexity index is 990. The van der Waals surface area contributed by atoms with Gasteiger partial charge in [-0.2, -0.15) is 0 Å². The van der Waals surface area contributed by atoms with Crippen molar-refractivity contribution < 1.29 is 23.8 Å². The minimum Gasteiger partial charge on any atom is -0.493 e. The first-order valence-electron chi connectivity index (χ1n) is 10.3. The average molecular weight is 412 g/mol. The lowest BCUT2D eigenvalue weighted by molar-refractivity contribution is -0.135. The minimum absolute atomic E-state index is 0.195. The lowest BCUT2D eigenvalue weighted by Crippen LogP contribution is -2.38. The Morgan fingerprint density at radius 1 is 1.03 bits per heavy atom. The number of amides is 1. The van der Waals surface area contributed by atoms with Crippen molar-refractivity contribution >= 4 is 11.9 Å². The van der Waals surface area contributed by atoms with Gasteiger partial charge in [-0.15, -0.1) is 0 Å². The third kappa shape index (κ3) is 3.76. The minimum atomic E-state index is -0.438. The molecule has 0 spiro atoms. The SMILES string of the molecule is COc1cc2c(cc1OC)CN(C(=O)COC(=O)c1cc(C)n(C3CC3)c1C)CC2. The van der Waals surface area contributed by atoms with Gasteiger partial charge in [0, 0.05) is 30.5 Å². The van der Waals surface area contributed by atoms with Crippen LogP contribution in [0, 0.1) is 13.8 Å². The van der Waals surface area contributed by atoms with Crippen LogP contribution >= 0.6 is 0 Å². The van der Waals surface area contributed by atoms with Gasteiger partial charge in [0.15, 0.2) is 18.1 Å². The van der Waals surface area contributed by atoms with E-state index >= 15 is 0 Å². The number of ether oxygens (including phenoxy) is 3. The summed E-state index contributed by atoms with van der Waals surface area (Å²) in [7, 11) is 3.20. The van der Waals surface area contributed by atoms with Crippen LogP contribution in [0.5, 0.6) is 11.5 Å². The fraction of sp³-hybridized carbons (Fsp3) is 0.478. The second kappa shape index (κ2) is 8.05. The quantitative estimate of drug-likeness (QED) is 0.682. The summed E-state index contributed by atoms with van der Waals surface area (Å²) in [6.07, 6.45) is 3.02. The first-order chi connectivity index (χ1) is 14.4. The number of hydrogen-bond acceptors (Lipinski definition) is 5. The Hall–Kier alpha value is -2.96. The first kappa shape index (κ1) is 20.3. The summed E-state index contributed by atoms with van der Waals surface area (Å²) < 4.78 is 18.3. The Kier molecular flexibility index (Phi) is 5.45. The second-order valence-corrected chi connectivity index (χ2v) is 8.00. The Morgan fingerprint density at radius 2 is 1.70 bits per heavy atom. The molecule has 1 aliphatic carbocycles. The molecule has 0 N–H and O–H groups in total. The number of aryl methyl sites for hydroxylation is 1. The molecule has 1 saturated carbocycles. The summed E-state index contributed by atoms with van der Waals surface area (Å²) in [5, 5.41) is 0. The number of fused-ring (bicyclic) bond motifs is 1. The van der Waals surface area contributed by atoms with E-state index in [1.54, 1.807) is 19.1 Å². The number of esters is 1. The highest BCUT2D eigenvalue weighted by atomic mass is 16.5. The molecule has 7 nitrogen and oxygen atoms in total. The molecule has 2 aliphatic rings. The van der Waals surface area contributed by atoms with E-state index < -0.39 is 5.97 Å². The van der Waals surface area contributed by atoms with Crippen LogP contribution in [0.1, 0.15) is 51.8 Å². The van der Waals surface area contributed by atoms with Crippen LogP contribution in [0.25, 0.3) is 0 Å². The zero-order valence-corrected chi connectivity index (χ0v) is 18.0. The third-order valence-electron chi connectivity index (χ3n) is 6.01. The van der Waals surface area contributed by atoms with Gasteiger partial charge in [-0.25, -0.2) is 4.79 Å². The molecule has 0 saturated heterocycles. The van der Waals surface area contributed by atoms with Crippen molar-refractivity contribution in [2.45, 2.75) is 45.7 Å². The predicted octanol–water partition coefficient (Wildman–Crippen LogP) is 3.20. The Morgan fingerprint density at radius 3 is 2.33 bits per heavy atom. The highest BCUT2D eigenvalue weighted by molar-refractivity contribution is 5.92. The van der Waals surface area contributed by atoms with E-state index in [0.29, 0.717) is 36.2 Å². The van der Waals surface area contributed by atoms with Crippen LogP contribution in [0.3, 0.4) is 0 Å². The molecule has 4 rings (SSSR count). The monoisotopic (exact) mass is 412 g/mol. The van der Waals surface area contributed by atoms with Crippen molar-refractivity contribution in [1.29, 1.82) is 0 Å². The molecule has 160 valence electrons. The van der Waals surface area contributed by atoms with Crippen LogP contribution in [-0.4, -0.2) is 48.7 Å². The zero-order valence-electron chi connectivity index (χ0n) is 18.0. The average Bonchev–Trinajstić information content (AvgIpc) is 3.54. The molecule has 1 aromatic heterocycles. The van der Waals surface area contributed by atoms with Gasteiger partial charge in [0.2, 0.25) is 0 Å². The largest absolute Gasteiger partial charge is 0.493 e. The molecule has 1 aromatic carbocycles. The van der Waals surface area contributed by atoms with Gasteiger partial charge < -0.3 is 23.7 Å². The van der Waals surface area contributed by atoms with Crippen LogP contribution in [0.4, 0.5) is 0 Å². The van der Waals surface area contributed by atoms with E-state index in [2.05, 4.69) is 4.57 Å². The fourth-order valence-electron chi connectivity index (χ4n) is 4.27. The topological polar surface area (TPSA) is 70.0 Å². The standard InChI is InChI=1S/C23H28N2O5/c1-14-9-19(15(2)25(14)18-5-6-18)23(27)30-13-22(26)24-8-7-16-10-20(28-3)21(29-4)11-17(16)12-24/h9-11,18H,5-8,12-13H2,1-4H3. The Labute approximate surface area is 176 Å². The molecular formula is C23H28N2O5. The normalized spacial score (nSPS) is 15.5. The van der Waals surface area contributed by atoms with Crippen LogP contribution in [-0.2, 0) is 22.5 Å². The van der Waals surface area contributed by atoms with Crippen molar-refractivity contribution in [3.05, 3.63) is 46.3 Å². The number of hydrogen-bond donors (Lipinski definition) is 0. The molecule has 1 aliphatic heterocycles. The maximum Gasteiger partial charge on any atom is 0.340 e. The van der Waals surface area contributed by atoms with E-state index in [0.717, 1.165) is 41.8 Å². The molecule has 2 heterocycles. The molecule has 0 radical (unpaired) electrons. The molecule has 1 amide bonds. The smallest absolute Gasteiger partial charge is 0.340 e. The van der Waals surface area contributed by atoms with Gasteiger partial charge in [0.05, 0.1) is 19.8 Å². The van der Waals surface area contributed by atoms with Crippen LogP contribution < -0.4 is 9.47 Å². The van der Waals surface area contributed by atoms with Crippen molar-refractivity contribution in [2.75, 3.05) is 27.4 Å².